The molecule has 2 aromatic carbocycles. The Morgan fingerprint density at radius 3 is 2.58 bits per heavy atom. The Kier molecular flexibility index (Phi) is 7.37. The zero-order valence-electron chi connectivity index (χ0n) is 17.9. The van der Waals surface area contributed by atoms with Crippen LogP contribution >= 0.6 is 0 Å². The van der Waals surface area contributed by atoms with E-state index in [0.717, 1.165) is 16.9 Å². The number of hydrogen-bond donors (Lipinski definition) is 1. The molecule has 31 heavy (non-hydrogen) atoms. The number of carbonyl (C=O) groups excluding carboxylic acids is 2. The largest absolute Gasteiger partial charge is 0.496 e. The molecule has 0 aliphatic rings. The molecule has 0 saturated heterocycles. The van der Waals surface area contributed by atoms with Gasteiger partial charge in [0, 0.05) is 49.7 Å². The van der Waals surface area contributed by atoms with E-state index in [4.69, 9.17) is 9.26 Å². The fraction of sp³-hybridized carbons (Fsp3) is 0.304. The summed E-state index contributed by atoms with van der Waals surface area (Å²) in [7, 11) is 3.36. The fourth-order valence-corrected chi connectivity index (χ4v) is 3.03. The van der Waals surface area contributed by atoms with Gasteiger partial charge in [-0.2, -0.15) is 4.98 Å². The maximum Gasteiger partial charge on any atom is 0.257 e. The summed E-state index contributed by atoms with van der Waals surface area (Å²) in [5.74, 6) is 1.52. The first-order valence-corrected chi connectivity index (χ1v) is 10.1. The number of nitrogens with zero attached hydrogens (tertiary/aromatic N) is 3. The van der Waals surface area contributed by atoms with E-state index in [1.807, 2.05) is 31.2 Å². The van der Waals surface area contributed by atoms with Crippen molar-refractivity contribution in [2.75, 3.05) is 20.7 Å². The van der Waals surface area contributed by atoms with E-state index in [-0.39, 0.29) is 11.8 Å². The van der Waals surface area contributed by atoms with E-state index in [1.54, 1.807) is 43.3 Å². The van der Waals surface area contributed by atoms with Gasteiger partial charge in [0.2, 0.25) is 5.91 Å². The average Bonchev–Trinajstić information content (AvgIpc) is 3.29. The molecule has 0 saturated carbocycles. The van der Waals surface area contributed by atoms with Crippen LogP contribution in [-0.4, -0.2) is 47.6 Å². The van der Waals surface area contributed by atoms with Gasteiger partial charge < -0.3 is 19.5 Å². The van der Waals surface area contributed by atoms with Crippen molar-refractivity contribution in [3.8, 4) is 17.2 Å². The predicted molar refractivity (Wildman–Crippen MR) is 116 cm³/mol. The molecular weight excluding hydrogens is 396 g/mol. The maximum atomic E-state index is 12.5. The van der Waals surface area contributed by atoms with Crippen molar-refractivity contribution in [1.29, 1.82) is 0 Å². The zero-order chi connectivity index (χ0) is 22.2. The van der Waals surface area contributed by atoms with Crippen molar-refractivity contribution in [2.45, 2.75) is 26.3 Å². The first-order valence-electron chi connectivity index (χ1n) is 10.1. The molecular formula is C23H26N4O4. The first-order chi connectivity index (χ1) is 15.0. The number of benzene rings is 2. The molecule has 1 N–H and O–H groups in total. The molecule has 0 radical (unpaired) electrons. The van der Waals surface area contributed by atoms with Crippen molar-refractivity contribution >= 4 is 11.8 Å². The van der Waals surface area contributed by atoms with Gasteiger partial charge in [-0.1, -0.05) is 30.3 Å². The van der Waals surface area contributed by atoms with Crippen LogP contribution in [0, 0.1) is 0 Å². The van der Waals surface area contributed by atoms with Crippen molar-refractivity contribution in [3.05, 3.63) is 65.5 Å². The molecule has 1 heterocycles. The van der Waals surface area contributed by atoms with Gasteiger partial charge in [-0.25, -0.2) is 0 Å². The van der Waals surface area contributed by atoms with Crippen LogP contribution in [0.3, 0.4) is 0 Å². The summed E-state index contributed by atoms with van der Waals surface area (Å²) in [5.41, 5.74) is 2.15. The normalized spacial score (nSPS) is 10.5. The van der Waals surface area contributed by atoms with Crippen LogP contribution in [0.2, 0.25) is 0 Å². The van der Waals surface area contributed by atoms with Gasteiger partial charge in [0.1, 0.15) is 5.75 Å². The Bertz CT molecular complexity index is 1030. The van der Waals surface area contributed by atoms with Gasteiger partial charge in [-0.05, 0) is 30.3 Å². The Morgan fingerprint density at radius 2 is 1.87 bits per heavy atom. The summed E-state index contributed by atoms with van der Waals surface area (Å²) < 4.78 is 10.6. The highest BCUT2D eigenvalue weighted by Gasteiger charge is 2.13. The fourth-order valence-electron chi connectivity index (χ4n) is 3.03. The van der Waals surface area contributed by atoms with Gasteiger partial charge in [-0.3, -0.25) is 9.59 Å². The Labute approximate surface area is 181 Å². The standard InChI is InChI=1S/C23H26N4O4/c1-4-21(28)27(2)14-13-20-25-23(31-26-20)17-11-9-16(10-12-17)22(29)24-15-18-7-5-6-8-19(18)30-3/h5-12H,4,13-15H2,1-3H3,(H,24,29). The lowest BCUT2D eigenvalue weighted by atomic mass is 10.1. The minimum Gasteiger partial charge on any atom is -0.496 e. The van der Waals surface area contributed by atoms with E-state index in [2.05, 4.69) is 15.5 Å². The van der Waals surface area contributed by atoms with E-state index in [0.29, 0.717) is 43.2 Å². The number of ether oxygens (including phenoxy) is 1. The summed E-state index contributed by atoms with van der Waals surface area (Å²) in [5, 5.41) is 6.86. The first kappa shape index (κ1) is 22.0. The quantitative estimate of drug-likeness (QED) is 0.569. The van der Waals surface area contributed by atoms with Crippen molar-refractivity contribution in [3.63, 3.8) is 0 Å². The minimum absolute atomic E-state index is 0.0725. The van der Waals surface area contributed by atoms with Gasteiger partial charge in [-0.15, -0.1) is 0 Å². The third kappa shape index (κ3) is 5.69. The molecule has 0 atom stereocenters. The van der Waals surface area contributed by atoms with Crippen LogP contribution in [0.15, 0.2) is 53.1 Å². The molecule has 0 aliphatic carbocycles. The number of aromatic nitrogens is 2. The molecule has 162 valence electrons. The average molecular weight is 422 g/mol. The number of likely N-dealkylation sites (N-methyl/N-ethyl adjacent to an activating group) is 1. The highest BCUT2D eigenvalue weighted by molar-refractivity contribution is 5.94. The summed E-state index contributed by atoms with van der Waals surface area (Å²) in [6.07, 6.45) is 0.974. The highest BCUT2D eigenvalue weighted by atomic mass is 16.5. The smallest absolute Gasteiger partial charge is 0.257 e. The topological polar surface area (TPSA) is 97.6 Å². The van der Waals surface area contributed by atoms with Crippen LogP contribution in [-0.2, 0) is 17.8 Å². The number of hydrogen-bond acceptors (Lipinski definition) is 6. The van der Waals surface area contributed by atoms with Gasteiger partial charge in [0.05, 0.1) is 7.11 Å². The molecule has 3 rings (SSSR count). The second kappa shape index (κ2) is 10.4. The van der Waals surface area contributed by atoms with E-state index in [1.165, 1.54) is 0 Å². The molecule has 1 aromatic heterocycles. The third-order valence-electron chi connectivity index (χ3n) is 4.89. The summed E-state index contributed by atoms with van der Waals surface area (Å²) in [4.78, 5) is 30.1. The van der Waals surface area contributed by atoms with Crippen LogP contribution in [0.1, 0.15) is 35.1 Å². The lowest BCUT2D eigenvalue weighted by Gasteiger charge is -2.14. The van der Waals surface area contributed by atoms with Crippen LogP contribution < -0.4 is 10.1 Å². The number of rotatable bonds is 9. The zero-order valence-corrected chi connectivity index (χ0v) is 17.9. The molecule has 0 spiro atoms. The Balaban J connectivity index is 1.58. The molecule has 8 nitrogen and oxygen atoms in total. The lowest BCUT2D eigenvalue weighted by Crippen LogP contribution is -2.28. The number of methoxy groups -OCH3 is 1. The lowest BCUT2D eigenvalue weighted by molar-refractivity contribution is -0.129. The summed E-state index contributed by atoms with van der Waals surface area (Å²) in [6, 6.07) is 14.5. The molecule has 3 aromatic rings. The highest BCUT2D eigenvalue weighted by Crippen LogP contribution is 2.19. The molecule has 0 fully saturated rings. The van der Waals surface area contributed by atoms with Crippen LogP contribution in [0.4, 0.5) is 0 Å². The van der Waals surface area contributed by atoms with Gasteiger partial charge in [0.15, 0.2) is 5.82 Å². The molecule has 2 amide bonds. The number of amides is 2. The number of nitrogens with one attached hydrogen (secondary N) is 1. The summed E-state index contributed by atoms with van der Waals surface area (Å²) in [6.45, 7) is 2.72. The van der Waals surface area contributed by atoms with E-state index < -0.39 is 0 Å². The Hall–Kier alpha value is -3.68. The predicted octanol–water partition coefficient (Wildman–Crippen LogP) is 3.09. The molecule has 0 aliphatic heterocycles. The van der Waals surface area contributed by atoms with E-state index in [9.17, 15) is 9.59 Å². The van der Waals surface area contributed by atoms with Crippen LogP contribution in [0.5, 0.6) is 5.75 Å². The van der Waals surface area contributed by atoms with Crippen LogP contribution in [0.25, 0.3) is 11.5 Å². The molecule has 8 heteroatoms. The van der Waals surface area contributed by atoms with E-state index >= 15 is 0 Å². The SMILES string of the molecule is CCC(=O)N(C)CCc1noc(-c2ccc(C(=O)NCc3ccccc3OC)cc2)n1. The minimum atomic E-state index is -0.188. The van der Waals surface area contributed by atoms with Gasteiger partial charge in [0.25, 0.3) is 11.8 Å². The monoisotopic (exact) mass is 422 g/mol. The second-order valence-corrected chi connectivity index (χ2v) is 7.01. The Morgan fingerprint density at radius 1 is 1.13 bits per heavy atom. The molecule has 0 bridgehead atoms. The van der Waals surface area contributed by atoms with Crippen molar-refractivity contribution in [2.24, 2.45) is 0 Å². The third-order valence-corrected chi connectivity index (χ3v) is 4.89. The number of para-hydroxylation sites is 1. The van der Waals surface area contributed by atoms with Gasteiger partial charge >= 0.3 is 0 Å². The number of carbonyl (C=O) groups is 2. The van der Waals surface area contributed by atoms with Crippen molar-refractivity contribution < 1.29 is 18.8 Å². The second-order valence-electron chi connectivity index (χ2n) is 7.01. The summed E-state index contributed by atoms with van der Waals surface area (Å²) >= 11 is 0. The molecule has 0 unspecified atom stereocenters. The maximum absolute atomic E-state index is 12.5. The van der Waals surface area contributed by atoms with Crippen molar-refractivity contribution in [1.82, 2.24) is 20.4 Å².